The van der Waals surface area contributed by atoms with E-state index in [-0.39, 0.29) is 18.8 Å². The number of hydrogen-bond acceptors (Lipinski definition) is 8. The monoisotopic (exact) mass is 682 g/mol. The molecule has 264 valence electrons. The Morgan fingerprint density at radius 3 is 1.96 bits per heavy atom. The molecule has 0 bridgehead atoms. The second-order valence-electron chi connectivity index (χ2n) is 15.7. The molecule has 2 aromatic rings. The van der Waals surface area contributed by atoms with Crippen LogP contribution in [0.5, 0.6) is 0 Å². The third-order valence-electron chi connectivity index (χ3n) is 10.1. The molecule has 2 aromatic heterocycles. The van der Waals surface area contributed by atoms with Crippen LogP contribution < -0.4 is 16.8 Å². The molecule has 5 N–H and O–H groups in total. The number of carbonyl (C=O) groups is 4. The van der Waals surface area contributed by atoms with Gasteiger partial charge in [-0.15, -0.1) is 0 Å². The largest absolute Gasteiger partial charge is 0.383 e. The fourth-order valence-electron chi connectivity index (χ4n) is 7.04. The Balaban J connectivity index is 0.000000250. The summed E-state index contributed by atoms with van der Waals surface area (Å²) in [4.78, 5) is 56.4. The normalized spacial score (nSPS) is 24.5. The zero-order valence-electron chi connectivity index (χ0n) is 29.2. The van der Waals surface area contributed by atoms with Crippen LogP contribution in [0.1, 0.15) is 65.2 Å². The number of nitrogens with one attached hydrogen (secondary N) is 1. The second-order valence-corrected chi connectivity index (χ2v) is 21.3. The van der Waals surface area contributed by atoms with Gasteiger partial charge < -0.3 is 31.3 Å². The van der Waals surface area contributed by atoms with Gasteiger partial charge in [0.25, 0.3) is 0 Å². The fourth-order valence-corrected chi connectivity index (χ4v) is 7.80. The molecule has 0 unspecified atom stereocenters. The van der Waals surface area contributed by atoms with Crippen molar-refractivity contribution >= 4 is 54.1 Å². The molecule has 4 heterocycles. The van der Waals surface area contributed by atoms with Gasteiger partial charge in [-0.3, -0.25) is 19.2 Å². The Bertz CT molecular complexity index is 1500. The van der Waals surface area contributed by atoms with Crippen LogP contribution in [-0.4, -0.2) is 88.0 Å². The average molecular weight is 683 g/mol. The van der Waals surface area contributed by atoms with Crippen molar-refractivity contribution in [2.45, 2.75) is 110 Å². The number of fused-ring (bicyclic) bond motifs is 1. The molecule has 2 saturated heterocycles. The minimum absolute atomic E-state index is 0.175. The van der Waals surface area contributed by atoms with Crippen LogP contribution in [0.3, 0.4) is 0 Å². The van der Waals surface area contributed by atoms with Crippen LogP contribution in [0.25, 0.3) is 10.9 Å². The van der Waals surface area contributed by atoms with Crippen LogP contribution in [0.2, 0.25) is 25.7 Å². The number of anilines is 2. The summed E-state index contributed by atoms with van der Waals surface area (Å²) in [5, 5.41) is 7.79. The number of aromatic nitrogens is 3. The number of hydrogen-bond donors (Lipinski definition) is 3. The van der Waals surface area contributed by atoms with Gasteiger partial charge in [-0.2, -0.15) is 5.10 Å². The first kappa shape index (κ1) is 35.8. The van der Waals surface area contributed by atoms with Crippen molar-refractivity contribution in [2.75, 3.05) is 30.7 Å². The molecule has 4 amide bonds. The van der Waals surface area contributed by atoms with Crippen molar-refractivity contribution in [3.05, 3.63) is 12.4 Å². The molecular formula is C34H54N8O5Si. The lowest BCUT2D eigenvalue weighted by molar-refractivity contribution is -0.147. The lowest BCUT2D eigenvalue weighted by atomic mass is 9.91. The quantitative estimate of drug-likeness (QED) is 0.214. The zero-order chi connectivity index (χ0) is 34.7. The van der Waals surface area contributed by atoms with Gasteiger partial charge in [0.05, 0.1) is 29.0 Å². The van der Waals surface area contributed by atoms with Gasteiger partial charge in [-0.05, 0) is 81.1 Å². The molecule has 13 nitrogen and oxygen atoms in total. The molecule has 6 rings (SSSR count). The highest BCUT2D eigenvalue weighted by atomic mass is 28.3. The summed E-state index contributed by atoms with van der Waals surface area (Å²) in [6.45, 7) is 13.4. The number of pyridine rings is 1. The Morgan fingerprint density at radius 2 is 1.44 bits per heavy atom. The minimum atomic E-state index is -1.20. The summed E-state index contributed by atoms with van der Waals surface area (Å²) >= 11 is 0. The first-order chi connectivity index (χ1) is 22.7. The lowest BCUT2D eigenvalue weighted by Crippen LogP contribution is -2.51. The number of ether oxygens (including phenoxy) is 1. The van der Waals surface area contributed by atoms with Gasteiger partial charge in [0, 0.05) is 39.9 Å². The number of amides is 4. The molecule has 4 atom stereocenters. The predicted molar refractivity (Wildman–Crippen MR) is 187 cm³/mol. The van der Waals surface area contributed by atoms with Crippen molar-refractivity contribution in [1.29, 1.82) is 0 Å². The van der Waals surface area contributed by atoms with E-state index >= 15 is 0 Å². The number of rotatable bonds is 8. The highest BCUT2D eigenvalue weighted by Gasteiger charge is 2.42. The summed E-state index contributed by atoms with van der Waals surface area (Å²) in [5.74, 6) is -0.0419. The van der Waals surface area contributed by atoms with E-state index in [0.29, 0.717) is 65.8 Å². The molecule has 14 heteroatoms. The van der Waals surface area contributed by atoms with Gasteiger partial charge in [0.15, 0.2) is 0 Å². The van der Waals surface area contributed by atoms with Gasteiger partial charge >= 0.3 is 23.6 Å². The third-order valence-corrected chi connectivity index (χ3v) is 11.9. The van der Waals surface area contributed by atoms with Crippen molar-refractivity contribution in [3.63, 3.8) is 0 Å². The molecule has 0 aromatic carbocycles. The average Bonchev–Trinajstić information content (AvgIpc) is 3.98. The maximum absolute atomic E-state index is 13.1. The van der Waals surface area contributed by atoms with E-state index in [1.807, 2.05) is 0 Å². The van der Waals surface area contributed by atoms with Gasteiger partial charge in [-0.25, -0.2) is 9.67 Å². The molecule has 48 heavy (non-hydrogen) atoms. The summed E-state index contributed by atoms with van der Waals surface area (Å²) in [6, 6.07) is 1.50. The maximum atomic E-state index is 13.1. The van der Waals surface area contributed by atoms with Gasteiger partial charge in [0.2, 0.25) is 0 Å². The third kappa shape index (κ3) is 8.93. The minimum Gasteiger partial charge on any atom is -0.383 e. The smallest absolute Gasteiger partial charge is 0.314 e. The Labute approximate surface area is 284 Å². The van der Waals surface area contributed by atoms with E-state index < -0.39 is 31.7 Å². The van der Waals surface area contributed by atoms with E-state index in [1.165, 1.54) is 19.0 Å². The van der Waals surface area contributed by atoms with E-state index in [4.69, 9.17) is 16.2 Å². The van der Waals surface area contributed by atoms with Crippen LogP contribution in [0.4, 0.5) is 11.5 Å². The van der Waals surface area contributed by atoms with E-state index in [0.717, 1.165) is 44.6 Å². The van der Waals surface area contributed by atoms with Gasteiger partial charge in [-0.1, -0.05) is 33.5 Å². The Morgan fingerprint density at radius 1 is 0.875 bits per heavy atom. The molecule has 2 saturated carbocycles. The van der Waals surface area contributed by atoms with Crippen LogP contribution in [-0.2, 0) is 30.6 Å². The molecule has 0 spiro atoms. The Hall–Kier alpha value is -3.52. The summed E-state index contributed by atoms with van der Waals surface area (Å²) < 4.78 is 7.51. The zero-order valence-corrected chi connectivity index (χ0v) is 30.2. The number of carbonyl (C=O) groups excluding carboxylic acids is 4. The van der Waals surface area contributed by atoms with Crippen molar-refractivity contribution in [2.24, 2.45) is 29.4 Å². The summed E-state index contributed by atoms with van der Waals surface area (Å²) in [5.41, 5.74) is 12.1. The number of piperidine rings is 2. The highest BCUT2D eigenvalue weighted by molar-refractivity contribution is 6.76. The maximum Gasteiger partial charge on any atom is 0.314 e. The summed E-state index contributed by atoms with van der Waals surface area (Å²) in [7, 11) is -1.20. The highest BCUT2D eigenvalue weighted by Crippen LogP contribution is 2.41. The van der Waals surface area contributed by atoms with Gasteiger partial charge in [0.1, 0.15) is 12.5 Å². The fraction of sp³-hybridized carbons (Fsp3) is 0.706. The Kier molecular flexibility index (Phi) is 11.1. The summed E-state index contributed by atoms with van der Waals surface area (Å²) in [6.07, 6.45) is 12.0. The van der Waals surface area contributed by atoms with Crippen LogP contribution in [0, 0.1) is 23.7 Å². The second kappa shape index (κ2) is 14.9. The topological polar surface area (TPSA) is 179 Å². The number of nitrogens with zero attached hydrogens (tertiary/aromatic N) is 5. The number of likely N-dealkylation sites (tertiary alicyclic amines) is 2. The lowest BCUT2D eigenvalue weighted by Gasteiger charge is -2.38. The van der Waals surface area contributed by atoms with Crippen molar-refractivity contribution in [1.82, 2.24) is 24.6 Å². The number of nitrogens with two attached hydrogens (primary N) is 2. The molecule has 4 aliphatic rings. The first-order valence-electron chi connectivity index (χ1n) is 17.6. The molecule has 2 aliphatic carbocycles. The number of nitrogen functional groups attached to an aromatic ring is 1. The predicted octanol–water partition coefficient (Wildman–Crippen LogP) is 3.81. The standard InChI is InChI=1S/C23H36N6O3Si.C11H18N2O2/c1-15-5-8-19(16-6-7-16)28(13-15)23(31)22(30)27-18-12-25-21(24)17-11-26-29(20(17)18)14-32-9-10-33(2,3)4;1-7-2-5-9(8-3-4-8)13(6-7)11(15)10(12)14/h11-12,15-16,19H,5-10,13-14H2,1-4H3,(H2,24,25)(H,27,30);7-9H,2-6H2,1H3,(H2,12,14)/t15-,19+;7-,9+/m00/s1. The van der Waals surface area contributed by atoms with Crippen LogP contribution >= 0.6 is 0 Å². The van der Waals surface area contributed by atoms with Crippen molar-refractivity contribution < 1.29 is 23.9 Å². The van der Waals surface area contributed by atoms with E-state index in [1.54, 1.807) is 20.7 Å². The first-order valence-corrected chi connectivity index (χ1v) is 21.3. The molecular weight excluding hydrogens is 629 g/mol. The SMILES string of the molecule is C[C@H]1CC[C@H](C2CC2)N(C(=O)C(=O)Nc2cnc(N)c3cnn(COCC[Si](C)(C)C)c23)C1.C[C@H]1CC[C@H](C2CC2)N(C(=O)C(N)=O)C1. The molecule has 2 aliphatic heterocycles. The van der Waals surface area contributed by atoms with E-state index in [9.17, 15) is 19.2 Å². The van der Waals surface area contributed by atoms with E-state index in [2.05, 4.69) is 48.9 Å². The molecule has 0 radical (unpaired) electrons. The van der Waals surface area contributed by atoms with Crippen LogP contribution in [0.15, 0.2) is 12.4 Å². The van der Waals surface area contributed by atoms with Crippen molar-refractivity contribution in [3.8, 4) is 0 Å². The molecule has 4 fully saturated rings. The number of primary amides is 1.